The molecule has 3 atom stereocenters. The van der Waals surface area contributed by atoms with Gasteiger partial charge in [0.05, 0.1) is 12.2 Å². The number of benzene rings is 1. The van der Waals surface area contributed by atoms with Crippen LogP contribution in [-0.2, 0) is 17.6 Å². The highest BCUT2D eigenvalue weighted by molar-refractivity contribution is 5.50. The molecule has 4 nitrogen and oxygen atoms in total. The summed E-state index contributed by atoms with van der Waals surface area (Å²) >= 11 is 0. The Bertz CT molecular complexity index is 475. The minimum Gasteiger partial charge on any atom is -0.504 e. The van der Waals surface area contributed by atoms with E-state index in [-0.39, 0.29) is 23.7 Å². The number of hydrogen-bond donors (Lipinski definition) is 3. The second-order valence-corrected chi connectivity index (χ2v) is 5.58. The first-order valence-corrected chi connectivity index (χ1v) is 7.10. The number of ether oxygens (including phenoxy) is 1. The van der Waals surface area contributed by atoms with Crippen LogP contribution >= 0.6 is 0 Å². The van der Waals surface area contributed by atoms with E-state index in [0.717, 1.165) is 36.9 Å². The molecule has 1 aliphatic heterocycles. The molecule has 1 fully saturated rings. The lowest BCUT2D eigenvalue weighted by atomic mass is 9.84. The van der Waals surface area contributed by atoms with Crippen LogP contribution in [0.15, 0.2) is 12.1 Å². The van der Waals surface area contributed by atoms with E-state index in [1.807, 2.05) is 6.07 Å². The Labute approximate surface area is 113 Å². The van der Waals surface area contributed by atoms with Gasteiger partial charge in [-0.1, -0.05) is 19.4 Å². The number of hydrogen-bond acceptors (Lipinski definition) is 4. The van der Waals surface area contributed by atoms with Crippen LogP contribution < -0.4 is 5.32 Å². The number of phenolic OH excluding ortho intramolecular Hbond substituents is 2. The third-order valence-electron chi connectivity index (χ3n) is 4.24. The Kier molecular flexibility index (Phi) is 3.37. The molecule has 0 spiro atoms. The van der Waals surface area contributed by atoms with Gasteiger partial charge in [0, 0.05) is 24.6 Å². The molecule has 1 aromatic carbocycles. The zero-order valence-corrected chi connectivity index (χ0v) is 11.2. The van der Waals surface area contributed by atoms with Gasteiger partial charge in [0.15, 0.2) is 11.5 Å². The molecule has 1 aliphatic carbocycles. The number of fused-ring (bicyclic) bond motifs is 2. The van der Waals surface area contributed by atoms with Gasteiger partial charge in [-0.2, -0.15) is 0 Å². The van der Waals surface area contributed by atoms with E-state index >= 15 is 0 Å². The van der Waals surface area contributed by atoms with E-state index in [2.05, 4.69) is 12.2 Å². The van der Waals surface area contributed by atoms with Crippen molar-refractivity contribution in [3.8, 4) is 11.5 Å². The number of phenols is 2. The second kappa shape index (κ2) is 5.02. The monoisotopic (exact) mass is 263 g/mol. The Morgan fingerprint density at radius 1 is 1.32 bits per heavy atom. The SMILES string of the molecule is CCCC1CNC2Cc3ccc(O)c(O)c3CC2O1. The highest BCUT2D eigenvalue weighted by Crippen LogP contribution is 2.37. The molecule has 3 rings (SSSR count). The van der Waals surface area contributed by atoms with Crippen molar-refractivity contribution >= 4 is 0 Å². The van der Waals surface area contributed by atoms with Gasteiger partial charge in [0.25, 0.3) is 0 Å². The number of morpholine rings is 1. The van der Waals surface area contributed by atoms with Gasteiger partial charge in [-0.25, -0.2) is 0 Å². The predicted molar refractivity (Wildman–Crippen MR) is 72.5 cm³/mol. The summed E-state index contributed by atoms with van der Waals surface area (Å²) in [4.78, 5) is 0. The molecule has 1 heterocycles. The Morgan fingerprint density at radius 2 is 2.16 bits per heavy atom. The third-order valence-corrected chi connectivity index (χ3v) is 4.24. The van der Waals surface area contributed by atoms with E-state index in [9.17, 15) is 10.2 Å². The molecule has 19 heavy (non-hydrogen) atoms. The van der Waals surface area contributed by atoms with E-state index in [0.29, 0.717) is 12.5 Å². The minimum atomic E-state index is -0.0360. The number of aromatic hydroxyl groups is 2. The van der Waals surface area contributed by atoms with Gasteiger partial charge < -0.3 is 20.3 Å². The zero-order chi connectivity index (χ0) is 13.4. The lowest BCUT2D eigenvalue weighted by Gasteiger charge is -2.41. The topological polar surface area (TPSA) is 61.7 Å². The van der Waals surface area contributed by atoms with Crippen molar-refractivity contribution in [2.24, 2.45) is 0 Å². The van der Waals surface area contributed by atoms with E-state index in [1.165, 1.54) is 0 Å². The van der Waals surface area contributed by atoms with Crippen molar-refractivity contribution in [1.29, 1.82) is 0 Å². The molecule has 1 aromatic rings. The van der Waals surface area contributed by atoms with Crippen molar-refractivity contribution in [3.63, 3.8) is 0 Å². The van der Waals surface area contributed by atoms with Crippen molar-refractivity contribution in [1.82, 2.24) is 5.32 Å². The summed E-state index contributed by atoms with van der Waals surface area (Å²) < 4.78 is 6.13. The van der Waals surface area contributed by atoms with Gasteiger partial charge in [0.2, 0.25) is 0 Å². The van der Waals surface area contributed by atoms with Crippen molar-refractivity contribution in [3.05, 3.63) is 23.3 Å². The highest BCUT2D eigenvalue weighted by atomic mass is 16.5. The van der Waals surface area contributed by atoms with Crippen LogP contribution in [0.2, 0.25) is 0 Å². The fourth-order valence-corrected chi connectivity index (χ4v) is 3.21. The molecule has 0 bridgehead atoms. The Balaban J connectivity index is 1.82. The summed E-state index contributed by atoms with van der Waals surface area (Å²) in [5.41, 5.74) is 1.96. The summed E-state index contributed by atoms with van der Waals surface area (Å²) in [6.45, 7) is 3.07. The maximum atomic E-state index is 9.98. The van der Waals surface area contributed by atoms with E-state index < -0.39 is 0 Å². The first-order chi connectivity index (χ1) is 9.19. The minimum absolute atomic E-state index is 0.0252. The first kappa shape index (κ1) is 12.8. The molecular formula is C15H21NO3. The van der Waals surface area contributed by atoms with E-state index in [4.69, 9.17) is 4.74 Å². The largest absolute Gasteiger partial charge is 0.504 e. The summed E-state index contributed by atoms with van der Waals surface area (Å²) in [5, 5.41) is 23.1. The van der Waals surface area contributed by atoms with Crippen molar-refractivity contribution in [2.45, 2.75) is 50.9 Å². The predicted octanol–water partition coefficient (Wildman–Crippen LogP) is 1.72. The van der Waals surface area contributed by atoms with Gasteiger partial charge in [-0.3, -0.25) is 0 Å². The maximum Gasteiger partial charge on any atom is 0.161 e. The fourth-order valence-electron chi connectivity index (χ4n) is 3.21. The smallest absolute Gasteiger partial charge is 0.161 e. The third kappa shape index (κ3) is 2.30. The quantitative estimate of drug-likeness (QED) is 0.711. The molecule has 4 heteroatoms. The Hall–Kier alpha value is -1.26. The van der Waals surface area contributed by atoms with Crippen molar-refractivity contribution < 1.29 is 14.9 Å². The van der Waals surface area contributed by atoms with Crippen molar-refractivity contribution in [2.75, 3.05) is 6.54 Å². The van der Waals surface area contributed by atoms with Crippen LogP contribution in [0.4, 0.5) is 0 Å². The molecule has 0 amide bonds. The van der Waals surface area contributed by atoms with Gasteiger partial charge >= 0.3 is 0 Å². The second-order valence-electron chi connectivity index (χ2n) is 5.58. The lowest BCUT2D eigenvalue weighted by Crippen LogP contribution is -2.55. The number of nitrogens with one attached hydrogen (secondary N) is 1. The van der Waals surface area contributed by atoms with E-state index in [1.54, 1.807) is 6.07 Å². The van der Waals surface area contributed by atoms with Crippen LogP contribution in [0.1, 0.15) is 30.9 Å². The molecule has 0 saturated carbocycles. The van der Waals surface area contributed by atoms with Crippen LogP contribution in [0.25, 0.3) is 0 Å². The van der Waals surface area contributed by atoms with Crippen LogP contribution in [0, 0.1) is 0 Å². The average Bonchev–Trinajstić information content (AvgIpc) is 2.42. The standard InChI is InChI=1S/C15H21NO3/c1-2-3-10-8-16-12-6-9-4-5-13(17)15(18)11(9)7-14(12)19-10/h4-5,10,12,14,16-18H,2-3,6-8H2,1H3. The molecule has 2 aliphatic rings. The van der Waals surface area contributed by atoms with Gasteiger partial charge in [0.1, 0.15) is 0 Å². The highest BCUT2D eigenvalue weighted by Gasteiger charge is 2.36. The van der Waals surface area contributed by atoms with Gasteiger partial charge in [-0.05, 0) is 24.5 Å². The van der Waals surface area contributed by atoms with Gasteiger partial charge in [-0.15, -0.1) is 0 Å². The molecular weight excluding hydrogens is 242 g/mol. The summed E-state index contributed by atoms with van der Waals surface area (Å²) in [6, 6.07) is 3.79. The zero-order valence-electron chi connectivity index (χ0n) is 11.2. The average molecular weight is 263 g/mol. The van der Waals surface area contributed by atoms with Crippen LogP contribution in [-0.4, -0.2) is 35.0 Å². The molecule has 0 radical (unpaired) electrons. The molecule has 1 saturated heterocycles. The van der Waals surface area contributed by atoms with Crippen LogP contribution in [0.5, 0.6) is 11.5 Å². The summed E-state index contributed by atoms with van der Waals surface area (Å²) in [7, 11) is 0. The summed E-state index contributed by atoms with van der Waals surface area (Å²) in [5.74, 6) is -0.0109. The lowest BCUT2D eigenvalue weighted by molar-refractivity contribution is -0.0686. The normalized spacial score (nSPS) is 29.6. The number of rotatable bonds is 2. The molecule has 0 aromatic heterocycles. The molecule has 3 unspecified atom stereocenters. The maximum absolute atomic E-state index is 9.98. The fraction of sp³-hybridized carbons (Fsp3) is 0.600. The summed E-state index contributed by atoms with van der Waals surface area (Å²) in [6.07, 6.45) is 4.08. The first-order valence-electron chi connectivity index (χ1n) is 7.10. The van der Waals surface area contributed by atoms with Crippen LogP contribution in [0.3, 0.4) is 0 Å². The Morgan fingerprint density at radius 3 is 2.95 bits per heavy atom. The molecule has 104 valence electrons. The molecule has 3 N–H and O–H groups in total.